The van der Waals surface area contributed by atoms with Gasteiger partial charge in [-0.1, -0.05) is 345 Å². The molecule has 0 spiro atoms. The Balaban J connectivity index is 3.36. The van der Waals surface area contributed by atoms with E-state index in [0.717, 1.165) is 51.4 Å². The molecule has 0 saturated carbocycles. The second-order valence-electron chi connectivity index (χ2n) is 25.3. The number of unbranched alkanes of at least 4 members (excludes halogenated alkanes) is 52. The molecule has 0 aliphatic rings. The molecule has 2 unspecified atom stereocenters. The lowest BCUT2D eigenvalue weighted by molar-refractivity contribution is -0.143. The summed E-state index contributed by atoms with van der Waals surface area (Å²) in [6.45, 7) is 4.92. The van der Waals surface area contributed by atoms with Crippen LogP contribution in [0.15, 0.2) is 48.6 Å². The highest BCUT2D eigenvalue weighted by Crippen LogP contribution is 2.18. The first-order chi connectivity index (χ1) is 40.5. The Morgan fingerprint density at radius 1 is 0.341 bits per heavy atom. The van der Waals surface area contributed by atoms with Crippen molar-refractivity contribution < 1.29 is 24.5 Å². The third-order valence-corrected chi connectivity index (χ3v) is 17.1. The Morgan fingerprint density at radius 2 is 0.610 bits per heavy atom. The van der Waals surface area contributed by atoms with Gasteiger partial charge in [0.25, 0.3) is 0 Å². The Labute approximate surface area is 512 Å². The summed E-state index contributed by atoms with van der Waals surface area (Å²) in [4.78, 5) is 24.6. The molecule has 6 heteroatoms. The van der Waals surface area contributed by atoms with E-state index in [9.17, 15) is 19.8 Å². The van der Waals surface area contributed by atoms with Crippen LogP contribution in [0.3, 0.4) is 0 Å². The van der Waals surface area contributed by atoms with E-state index in [1.807, 2.05) is 6.08 Å². The number of allylic oxidation sites excluding steroid dienone is 7. The van der Waals surface area contributed by atoms with Gasteiger partial charge in [0, 0.05) is 12.8 Å². The van der Waals surface area contributed by atoms with Gasteiger partial charge >= 0.3 is 5.97 Å². The van der Waals surface area contributed by atoms with Crippen LogP contribution in [0.1, 0.15) is 399 Å². The zero-order valence-corrected chi connectivity index (χ0v) is 55.2. The number of hydrogen-bond donors (Lipinski definition) is 3. The van der Waals surface area contributed by atoms with E-state index in [1.165, 1.54) is 321 Å². The number of aliphatic hydroxyl groups is 2. The summed E-state index contributed by atoms with van der Waals surface area (Å²) in [5.74, 6) is -0.0513. The number of hydrogen-bond acceptors (Lipinski definition) is 5. The van der Waals surface area contributed by atoms with Crippen LogP contribution >= 0.6 is 0 Å². The molecule has 0 bridgehead atoms. The smallest absolute Gasteiger partial charge is 0.305 e. The number of aliphatic hydroxyl groups excluding tert-OH is 2. The Kier molecular flexibility index (Phi) is 69.4. The summed E-state index contributed by atoms with van der Waals surface area (Å²) in [5, 5.41) is 23.1. The number of ether oxygens (including phenoxy) is 1. The van der Waals surface area contributed by atoms with Gasteiger partial charge in [-0.15, -0.1) is 0 Å². The highest BCUT2D eigenvalue weighted by Gasteiger charge is 2.18. The molecule has 0 aliphatic carbocycles. The van der Waals surface area contributed by atoms with Crippen LogP contribution in [0.5, 0.6) is 0 Å². The van der Waals surface area contributed by atoms with Crippen molar-refractivity contribution in [2.75, 3.05) is 13.2 Å². The number of carbonyl (C=O) groups excluding carboxylic acids is 2. The molecule has 0 aromatic carbocycles. The molecule has 0 radical (unpaired) electrons. The Bertz CT molecular complexity index is 1370. The minimum atomic E-state index is -0.842. The summed E-state index contributed by atoms with van der Waals surface area (Å²) in [6, 6.07) is -0.625. The van der Waals surface area contributed by atoms with Crippen molar-refractivity contribution in [1.29, 1.82) is 0 Å². The van der Waals surface area contributed by atoms with E-state index < -0.39 is 12.1 Å². The van der Waals surface area contributed by atoms with Gasteiger partial charge in [0.2, 0.25) is 5.91 Å². The minimum Gasteiger partial charge on any atom is -0.466 e. The van der Waals surface area contributed by atoms with Gasteiger partial charge in [-0.2, -0.15) is 0 Å². The Hall–Kier alpha value is -2.18. The molecule has 82 heavy (non-hydrogen) atoms. The normalized spacial score (nSPS) is 12.8. The lowest BCUT2D eigenvalue weighted by atomic mass is 10.0. The van der Waals surface area contributed by atoms with Gasteiger partial charge in [0.1, 0.15) is 0 Å². The van der Waals surface area contributed by atoms with Crippen LogP contribution in [0.2, 0.25) is 0 Å². The molecular formula is C76H143NO5. The first-order valence-electron chi connectivity index (χ1n) is 36.9. The molecule has 0 saturated heterocycles. The molecule has 1 amide bonds. The van der Waals surface area contributed by atoms with Gasteiger partial charge in [0.15, 0.2) is 0 Å². The molecule has 0 fully saturated rings. The third-order valence-electron chi connectivity index (χ3n) is 17.1. The molecule has 6 nitrogen and oxygen atoms in total. The quantitative estimate of drug-likeness (QED) is 0.0320. The first-order valence-corrected chi connectivity index (χ1v) is 36.9. The predicted octanol–water partition coefficient (Wildman–Crippen LogP) is 24.0. The largest absolute Gasteiger partial charge is 0.466 e. The molecule has 0 aromatic rings. The molecule has 3 N–H and O–H groups in total. The second kappa shape index (κ2) is 71.3. The van der Waals surface area contributed by atoms with Gasteiger partial charge in [-0.25, -0.2) is 0 Å². The maximum Gasteiger partial charge on any atom is 0.305 e. The van der Waals surface area contributed by atoms with Crippen LogP contribution in [-0.2, 0) is 14.3 Å². The number of amides is 1. The fraction of sp³-hybridized carbons (Fsp3) is 0.868. The van der Waals surface area contributed by atoms with Crippen molar-refractivity contribution >= 4 is 11.9 Å². The summed E-state index contributed by atoms with van der Waals surface area (Å²) < 4.78 is 5.51. The lowest BCUT2D eigenvalue weighted by Gasteiger charge is -2.20. The standard InChI is InChI=1S/C76H143NO5/c1-3-5-7-9-11-13-15-17-18-19-40-43-46-50-54-58-62-66-70-76(81)82-71-67-63-59-55-51-47-44-41-38-36-34-32-30-28-26-24-22-20-21-23-25-27-29-31-33-35-37-39-42-45-49-53-57-61-65-69-75(80)77-73(72-78)74(79)68-64-60-56-52-48-16-14-12-10-8-6-4-2/h18-19,22,24,28,30,64,68,73-74,78-79H,3-17,20-21,23,25-27,29,31-63,65-67,69-72H2,1-2H3,(H,77,80)/b19-18-,24-22-,30-28-,68-64+. The van der Waals surface area contributed by atoms with Crippen molar-refractivity contribution in [1.82, 2.24) is 5.32 Å². The first kappa shape index (κ1) is 79.8. The van der Waals surface area contributed by atoms with Crippen molar-refractivity contribution in [2.24, 2.45) is 0 Å². The number of rotatable bonds is 69. The molecule has 482 valence electrons. The average Bonchev–Trinajstić information content (AvgIpc) is 3.48. The van der Waals surface area contributed by atoms with Crippen LogP contribution in [0.25, 0.3) is 0 Å². The van der Waals surface area contributed by atoms with Crippen LogP contribution < -0.4 is 5.32 Å². The van der Waals surface area contributed by atoms with E-state index in [1.54, 1.807) is 6.08 Å². The summed E-state index contributed by atoms with van der Waals surface area (Å²) >= 11 is 0. The monoisotopic (exact) mass is 1150 g/mol. The SMILES string of the molecule is CCCCCCCCC/C=C\CCCCCCCCCC(=O)OCCCCCCCCCCCCC/C=C\C/C=C\CCCCCCCCCCCCCCCCCCCC(=O)NC(CO)C(O)/C=C/CCCCCCCCCCCC. The van der Waals surface area contributed by atoms with Crippen molar-refractivity contribution in [3.05, 3.63) is 48.6 Å². The van der Waals surface area contributed by atoms with Gasteiger partial charge in [0.05, 0.1) is 25.4 Å². The second-order valence-corrected chi connectivity index (χ2v) is 25.3. The molecule has 2 atom stereocenters. The van der Waals surface area contributed by atoms with Crippen LogP contribution in [0.4, 0.5) is 0 Å². The van der Waals surface area contributed by atoms with Crippen LogP contribution in [0, 0.1) is 0 Å². The fourth-order valence-corrected chi connectivity index (χ4v) is 11.4. The van der Waals surface area contributed by atoms with E-state index in [0.29, 0.717) is 19.4 Å². The highest BCUT2D eigenvalue weighted by atomic mass is 16.5. The van der Waals surface area contributed by atoms with E-state index >= 15 is 0 Å². The summed E-state index contributed by atoms with van der Waals surface area (Å²) in [7, 11) is 0. The minimum absolute atomic E-state index is 0.0139. The third kappa shape index (κ3) is 67.0. The molecule has 0 heterocycles. The topological polar surface area (TPSA) is 95.9 Å². The lowest BCUT2D eigenvalue weighted by Crippen LogP contribution is -2.45. The Morgan fingerprint density at radius 3 is 0.939 bits per heavy atom. The van der Waals surface area contributed by atoms with Gasteiger partial charge in [-0.05, 0) is 89.9 Å². The van der Waals surface area contributed by atoms with Crippen LogP contribution in [-0.4, -0.2) is 47.4 Å². The summed E-state index contributed by atoms with van der Waals surface area (Å²) in [6.07, 6.45) is 93.6. The van der Waals surface area contributed by atoms with Gasteiger partial charge in [-0.3, -0.25) is 9.59 Å². The van der Waals surface area contributed by atoms with Crippen molar-refractivity contribution in [3.63, 3.8) is 0 Å². The average molecular weight is 1150 g/mol. The molecule has 0 aromatic heterocycles. The zero-order valence-electron chi connectivity index (χ0n) is 55.2. The number of nitrogens with one attached hydrogen (secondary N) is 1. The predicted molar refractivity (Wildman–Crippen MR) is 361 cm³/mol. The molecular weight excluding hydrogens is 1010 g/mol. The fourth-order valence-electron chi connectivity index (χ4n) is 11.4. The highest BCUT2D eigenvalue weighted by molar-refractivity contribution is 5.76. The summed E-state index contributed by atoms with van der Waals surface area (Å²) in [5.41, 5.74) is 0. The van der Waals surface area contributed by atoms with Gasteiger partial charge < -0.3 is 20.3 Å². The molecule has 0 rings (SSSR count). The maximum absolute atomic E-state index is 12.5. The van der Waals surface area contributed by atoms with E-state index in [-0.39, 0.29) is 18.5 Å². The maximum atomic E-state index is 12.5. The number of carbonyl (C=O) groups is 2. The number of esters is 1. The molecule has 0 aliphatic heterocycles. The zero-order chi connectivity index (χ0) is 59.2. The van der Waals surface area contributed by atoms with Crippen molar-refractivity contribution in [2.45, 2.75) is 411 Å². The van der Waals surface area contributed by atoms with Crippen molar-refractivity contribution in [3.8, 4) is 0 Å². The van der Waals surface area contributed by atoms with E-state index in [4.69, 9.17) is 4.74 Å². The van der Waals surface area contributed by atoms with E-state index in [2.05, 4.69) is 55.6 Å².